The van der Waals surface area contributed by atoms with Crippen LogP contribution in [0, 0.1) is 0 Å². The maximum Gasteiger partial charge on any atom is 0.242 e. The van der Waals surface area contributed by atoms with Crippen LogP contribution >= 0.6 is 11.6 Å². The summed E-state index contributed by atoms with van der Waals surface area (Å²) in [5.41, 5.74) is 1.11. The van der Waals surface area contributed by atoms with Gasteiger partial charge < -0.3 is 19.9 Å². The minimum absolute atomic E-state index is 0.0220. The standard InChI is InChI=1S/C19H26ClN3O3/c20-15-3-5-16(6-4-15)22-9-11-23(12-10-22)19(25)14-21-18(24)8-7-17-2-1-13-26-17/h3-6,17H,1-2,7-14H2,(H,21,24)/t17-/m0/s1. The maximum atomic E-state index is 12.3. The number of nitrogens with one attached hydrogen (secondary N) is 1. The van der Waals surface area contributed by atoms with Crippen LogP contribution in [0.2, 0.25) is 5.02 Å². The largest absolute Gasteiger partial charge is 0.378 e. The monoisotopic (exact) mass is 379 g/mol. The van der Waals surface area contributed by atoms with Gasteiger partial charge in [0.25, 0.3) is 0 Å². The Bertz CT molecular complexity index is 609. The molecule has 1 N–H and O–H groups in total. The molecule has 2 aliphatic rings. The zero-order valence-corrected chi connectivity index (χ0v) is 15.7. The number of carbonyl (C=O) groups excluding carboxylic acids is 2. The Morgan fingerprint density at radius 2 is 1.88 bits per heavy atom. The van der Waals surface area contributed by atoms with Gasteiger partial charge in [-0.15, -0.1) is 0 Å². The minimum Gasteiger partial charge on any atom is -0.378 e. The van der Waals surface area contributed by atoms with Crippen molar-refractivity contribution in [2.75, 3.05) is 44.2 Å². The number of piperazine rings is 1. The van der Waals surface area contributed by atoms with Gasteiger partial charge in [-0.3, -0.25) is 9.59 Å². The number of carbonyl (C=O) groups is 2. The smallest absolute Gasteiger partial charge is 0.242 e. The molecular formula is C19H26ClN3O3. The average Bonchev–Trinajstić information content (AvgIpc) is 3.19. The average molecular weight is 380 g/mol. The third-order valence-corrected chi connectivity index (χ3v) is 5.23. The summed E-state index contributed by atoms with van der Waals surface area (Å²) in [5.74, 6) is -0.0973. The van der Waals surface area contributed by atoms with Gasteiger partial charge in [0.05, 0.1) is 12.6 Å². The van der Waals surface area contributed by atoms with Crippen molar-refractivity contribution >= 4 is 29.1 Å². The molecule has 6 nitrogen and oxygen atoms in total. The number of hydrogen-bond acceptors (Lipinski definition) is 4. The first-order valence-corrected chi connectivity index (χ1v) is 9.66. The first-order valence-electron chi connectivity index (χ1n) is 9.28. The Hall–Kier alpha value is -1.79. The van der Waals surface area contributed by atoms with Crippen molar-refractivity contribution in [1.82, 2.24) is 10.2 Å². The van der Waals surface area contributed by atoms with Gasteiger partial charge in [0.1, 0.15) is 0 Å². The molecule has 2 saturated heterocycles. The Balaban J connectivity index is 1.35. The molecular weight excluding hydrogens is 354 g/mol. The summed E-state index contributed by atoms with van der Waals surface area (Å²) in [6.45, 7) is 3.75. The molecule has 7 heteroatoms. The molecule has 2 heterocycles. The lowest BCUT2D eigenvalue weighted by Crippen LogP contribution is -2.51. The third kappa shape index (κ3) is 5.35. The van der Waals surface area contributed by atoms with Gasteiger partial charge in [-0.25, -0.2) is 0 Å². The second kappa shape index (κ2) is 9.24. The normalized spacial score (nSPS) is 20.3. The number of ether oxygens (including phenoxy) is 1. The summed E-state index contributed by atoms with van der Waals surface area (Å²) in [7, 11) is 0. The molecule has 0 unspecified atom stereocenters. The van der Waals surface area contributed by atoms with Gasteiger partial charge in [-0.1, -0.05) is 11.6 Å². The Morgan fingerprint density at radius 1 is 1.15 bits per heavy atom. The van der Waals surface area contributed by atoms with Crippen LogP contribution in [0.3, 0.4) is 0 Å². The third-order valence-electron chi connectivity index (χ3n) is 4.98. The van der Waals surface area contributed by atoms with Crippen molar-refractivity contribution in [2.45, 2.75) is 31.8 Å². The summed E-state index contributed by atoms with van der Waals surface area (Å²) < 4.78 is 5.51. The van der Waals surface area contributed by atoms with Crippen molar-refractivity contribution in [3.05, 3.63) is 29.3 Å². The molecule has 2 amide bonds. The summed E-state index contributed by atoms with van der Waals surface area (Å²) in [5, 5.41) is 3.46. The van der Waals surface area contributed by atoms with Gasteiger partial charge >= 0.3 is 0 Å². The van der Waals surface area contributed by atoms with Gasteiger partial charge in [0.2, 0.25) is 11.8 Å². The first-order chi connectivity index (χ1) is 12.6. The molecule has 2 aliphatic heterocycles. The molecule has 0 aliphatic carbocycles. The predicted molar refractivity (Wildman–Crippen MR) is 101 cm³/mol. The molecule has 1 aromatic carbocycles. The van der Waals surface area contributed by atoms with Crippen LogP contribution in [0.25, 0.3) is 0 Å². The van der Waals surface area contributed by atoms with E-state index in [-0.39, 0.29) is 24.5 Å². The number of benzene rings is 1. The lowest BCUT2D eigenvalue weighted by Gasteiger charge is -2.36. The highest BCUT2D eigenvalue weighted by atomic mass is 35.5. The summed E-state index contributed by atoms with van der Waals surface area (Å²) in [6.07, 6.45) is 3.47. The fourth-order valence-electron chi connectivity index (χ4n) is 3.40. The van der Waals surface area contributed by atoms with Crippen LogP contribution in [0.15, 0.2) is 24.3 Å². The van der Waals surface area contributed by atoms with Crippen LogP contribution < -0.4 is 10.2 Å². The van der Waals surface area contributed by atoms with E-state index < -0.39 is 0 Å². The molecule has 26 heavy (non-hydrogen) atoms. The highest BCUT2D eigenvalue weighted by Gasteiger charge is 2.22. The van der Waals surface area contributed by atoms with Crippen LogP contribution in [-0.4, -0.2) is 62.1 Å². The molecule has 1 aromatic rings. The Labute approximate surface area is 159 Å². The summed E-state index contributed by atoms with van der Waals surface area (Å²) in [4.78, 5) is 28.2. The lowest BCUT2D eigenvalue weighted by molar-refractivity contribution is -0.133. The van der Waals surface area contributed by atoms with E-state index in [0.717, 1.165) is 49.7 Å². The van der Waals surface area contributed by atoms with Crippen molar-refractivity contribution < 1.29 is 14.3 Å². The number of hydrogen-bond donors (Lipinski definition) is 1. The molecule has 0 saturated carbocycles. The predicted octanol–water partition coefficient (Wildman–Crippen LogP) is 2.06. The molecule has 0 radical (unpaired) electrons. The van der Waals surface area contributed by atoms with E-state index in [1.807, 2.05) is 29.2 Å². The van der Waals surface area contributed by atoms with E-state index >= 15 is 0 Å². The number of rotatable bonds is 6. The highest BCUT2D eigenvalue weighted by Crippen LogP contribution is 2.19. The quantitative estimate of drug-likeness (QED) is 0.821. The van der Waals surface area contributed by atoms with Crippen LogP contribution in [0.5, 0.6) is 0 Å². The van der Waals surface area contributed by atoms with E-state index in [1.165, 1.54) is 0 Å². The lowest BCUT2D eigenvalue weighted by atomic mass is 10.1. The van der Waals surface area contributed by atoms with Gasteiger partial charge in [0.15, 0.2) is 0 Å². The summed E-state index contributed by atoms with van der Waals surface area (Å²) in [6, 6.07) is 7.74. The molecule has 2 fully saturated rings. The van der Waals surface area contributed by atoms with Crippen LogP contribution in [0.1, 0.15) is 25.7 Å². The number of halogens is 1. The second-order valence-electron chi connectivity index (χ2n) is 6.79. The van der Waals surface area contributed by atoms with Crippen molar-refractivity contribution in [1.29, 1.82) is 0 Å². The van der Waals surface area contributed by atoms with E-state index in [4.69, 9.17) is 16.3 Å². The minimum atomic E-state index is -0.0753. The highest BCUT2D eigenvalue weighted by molar-refractivity contribution is 6.30. The topological polar surface area (TPSA) is 61.9 Å². The zero-order valence-electron chi connectivity index (χ0n) is 15.0. The van der Waals surface area contributed by atoms with Crippen molar-refractivity contribution in [2.24, 2.45) is 0 Å². The molecule has 1 atom stereocenters. The fourth-order valence-corrected chi connectivity index (χ4v) is 3.53. The van der Waals surface area contributed by atoms with E-state index in [2.05, 4.69) is 10.2 Å². The van der Waals surface area contributed by atoms with E-state index in [9.17, 15) is 9.59 Å². The molecule has 0 aromatic heterocycles. The molecule has 142 valence electrons. The Morgan fingerprint density at radius 3 is 2.54 bits per heavy atom. The first kappa shape index (κ1) is 19.0. The molecule has 0 bridgehead atoms. The number of anilines is 1. The summed E-state index contributed by atoms with van der Waals surface area (Å²) >= 11 is 5.92. The zero-order chi connectivity index (χ0) is 18.4. The fraction of sp³-hybridized carbons (Fsp3) is 0.579. The second-order valence-corrected chi connectivity index (χ2v) is 7.23. The van der Waals surface area contributed by atoms with Crippen LogP contribution in [0.4, 0.5) is 5.69 Å². The number of amides is 2. The van der Waals surface area contributed by atoms with E-state index in [0.29, 0.717) is 19.5 Å². The Kier molecular flexibility index (Phi) is 6.74. The number of nitrogens with zero attached hydrogens (tertiary/aromatic N) is 2. The molecule has 3 rings (SSSR count). The molecule has 0 spiro atoms. The van der Waals surface area contributed by atoms with Crippen molar-refractivity contribution in [3.8, 4) is 0 Å². The van der Waals surface area contributed by atoms with Gasteiger partial charge in [-0.05, 0) is 43.5 Å². The van der Waals surface area contributed by atoms with Gasteiger partial charge in [0, 0.05) is 49.9 Å². The maximum absolute atomic E-state index is 12.3. The van der Waals surface area contributed by atoms with E-state index in [1.54, 1.807) is 0 Å². The SMILES string of the molecule is O=C(CC[C@@H]1CCCO1)NCC(=O)N1CCN(c2ccc(Cl)cc2)CC1. The van der Waals surface area contributed by atoms with Crippen molar-refractivity contribution in [3.63, 3.8) is 0 Å². The van der Waals surface area contributed by atoms with Gasteiger partial charge in [-0.2, -0.15) is 0 Å². The van der Waals surface area contributed by atoms with Crippen LogP contribution in [-0.2, 0) is 14.3 Å².